The van der Waals surface area contributed by atoms with Crippen molar-refractivity contribution in [1.29, 1.82) is 0 Å². The minimum absolute atomic E-state index is 0. The highest BCUT2D eigenvalue weighted by molar-refractivity contribution is 9.10. The minimum atomic E-state index is -0.172. The fourth-order valence-corrected chi connectivity index (χ4v) is 3.97. The van der Waals surface area contributed by atoms with E-state index in [-0.39, 0.29) is 31.5 Å². The molecule has 0 atom stereocenters. The molecule has 11 heteroatoms. The van der Waals surface area contributed by atoms with E-state index >= 15 is 0 Å². The van der Waals surface area contributed by atoms with Crippen LogP contribution in [-0.4, -0.2) is 33.9 Å². The first-order valence-corrected chi connectivity index (χ1v) is 11.5. The van der Waals surface area contributed by atoms with E-state index in [1.165, 1.54) is 4.90 Å². The number of carbonyl (C=O) groups is 1. The number of halogens is 4. The van der Waals surface area contributed by atoms with Gasteiger partial charge in [0.05, 0.1) is 27.9 Å². The zero-order chi connectivity index (χ0) is 22.7. The van der Waals surface area contributed by atoms with Crippen molar-refractivity contribution < 1.29 is 9.53 Å². The van der Waals surface area contributed by atoms with Gasteiger partial charge < -0.3 is 15.0 Å². The number of thiocarbonyl (C=S) groups is 1. The molecule has 1 N–H and O–H groups in total. The van der Waals surface area contributed by atoms with Gasteiger partial charge in [-0.25, -0.2) is 4.98 Å². The Morgan fingerprint density at radius 3 is 2.75 bits per heavy atom. The van der Waals surface area contributed by atoms with Crippen LogP contribution >= 0.6 is 63.8 Å². The minimum Gasteiger partial charge on any atom is -0.485 e. The number of carbonyl (C=O) groups excluding carboxylic acids is 1. The Morgan fingerprint density at radius 2 is 2.06 bits per heavy atom. The van der Waals surface area contributed by atoms with Crippen molar-refractivity contribution >= 4 is 86.0 Å². The third-order valence-corrected chi connectivity index (χ3v) is 6.91. The molecule has 0 aliphatic heterocycles. The number of nitrogens with zero attached hydrogens (tertiary/aromatic N) is 3. The maximum atomic E-state index is 12.5. The predicted molar refractivity (Wildman–Crippen MR) is 140 cm³/mol. The summed E-state index contributed by atoms with van der Waals surface area (Å²) in [5.41, 5.74) is 2.66. The average molecular weight is 581 g/mol. The van der Waals surface area contributed by atoms with Crippen molar-refractivity contribution in [3.05, 3.63) is 56.4 Å². The number of amides is 1. The maximum Gasteiger partial charge on any atom is 0.246 e. The molecule has 2 aromatic heterocycles. The predicted octanol–water partition coefficient (Wildman–Crippen LogP) is 6.00. The zero-order valence-electron chi connectivity index (χ0n) is 17.6. The lowest BCUT2D eigenvalue weighted by Gasteiger charge is -2.21. The second-order valence-electron chi connectivity index (χ2n) is 6.78. The third kappa shape index (κ3) is 5.66. The van der Waals surface area contributed by atoms with Gasteiger partial charge in [-0.1, -0.05) is 42.3 Å². The first-order valence-electron chi connectivity index (χ1n) is 9.50. The van der Waals surface area contributed by atoms with Crippen LogP contribution in [0.1, 0.15) is 24.6 Å². The molecule has 2 heterocycles. The Morgan fingerprint density at radius 1 is 1.34 bits per heavy atom. The van der Waals surface area contributed by atoms with Crippen LogP contribution in [0, 0.1) is 6.92 Å². The van der Waals surface area contributed by atoms with Gasteiger partial charge in [0.2, 0.25) is 5.91 Å². The van der Waals surface area contributed by atoms with E-state index in [1.54, 1.807) is 19.2 Å². The van der Waals surface area contributed by atoms with Gasteiger partial charge in [0.1, 0.15) is 11.2 Å². The molecule has 32 heavy (non-hydrogen) atoms. The third-order valence-electron chi connectivity index (χ3n) is 4.75. The molecule has 0 saturated carbocycles. The van der Waals surface area contributed by atoms with Crippen LogP contribution < -0.4 is 15.0 Å². The lowest BCUT2D eigenvalue weighted by molar-refractivity contribution is -0.117. The van der Waals surface area contributed by atoms with Gasteiger partial charge in [-0.05, 0) is 53.5 Å². The summed E-state index contributed by atoms with van der Waals surface area (Å²) >= 11 is 21.7. The molecular formula is C21H22BrCl3N4O2S. The number of fused-ring (bicyclic) bond motifs is 1. The number of likely N-dealkylation sites (N-methyl/N-ethyl adjacent to an activating group) is 1. The highest BCUT2D eigenvalue weighted by atomic mass is 79.9. The van der Waals surface area contributed by atoms with Crippen molar-refractivity contribution in [3.63, 3.8) is 0 Å². The molecule has 0 saturated heterocycles. The Hall–Kier alpha value is -1.58. The molecule has 172 valence electrons. The van der Waals surface area contributed by atoms with Crippen molar-refractivity contribution in [1.82, 2.24) is 14.7 Å². The van der Waals surface area contributed by atoms with Crippen LogP contribution in [0.15, 0.2) is 35.1 Å². The van der Waals surface area contributed by atoms with E-state index in [0.29, 0.717) is 44.1 Å². The molecule has 0 spiro atoms. The van der Waals surface area contributed by atoms with E-state index in [4.69, 9.17) is 40.2 Å². The highest BCUT2D eigenvalue weighted by Gasteiger charge is 2.19. The van der Waals surface area contributed by atoms with Crippen LogP contribution in [0.5, 0.6) is 5.75 Å². The first-order chi connectivity index (χ1) is 14.7. The van der Waals surface area contributed by atoms with Crippen molar-refractivity contribution in [3.8, 4) is 5.75 Å². The number of pyridine rings is 1. The van der Waals surface area contributed by atoms with E-state index in [9.17, 15) is 4.79 Å². The SMILES string of the molecule is CCC(=S)NCC(=O)N(C)c1ccc(Cl)c(COc2cccn3c(Br)c(C)nc23)c1Cl.Cl. The number of benzene rings is 1. The normalized spacial score (nSPS) is 10.6. The van der Waals surface area contributed by atoms with Gasteiger partial charge >= 0.3 is 0 Å². The number of aryl methyl sites for hydroxylation is 1. The number of aromatic nitrogens is 2. The van der Waals surface area contributed by atoms with Crippen molar-refractivity contribution in [2.24, 2.45) is 0 Å². The molecule has 0 bridgehead atoms. The van der Waals surface area contributed by atoms with Gasteiger partial charge in [0, 0.05) is 23.8 Å². The van der Waals surface area contributed by atoms with Gasteiger partial charge in [-0.3, -0.25) is 9.20 Å². The second-order valence-corrected chi connectivity index (χ2v) is 8.81. The molecule has 3 rings (SSSR count). The molecule has 0 aliphatic rings. The summed E-state index contributed by atoms with van der Waals surface area (Å²) in [7, 11) is 1.66. The second kappa shape index (κ2) is 11.5. The van der Waals surface area contributed by atoms with Crippen LogP contribution in [0.4, 0.5) is 5.69 Å². The largest absolute Gasteiger partial charge is 0.485 e. The van der Waals surface area contributed by atoms with Gasteiger partial charge in [-0.2, -0.15) is 0 Å². The molecule has 0 fully saturated rings. The molecule has 0 aliphatic carbocycles. The summed E-state index contributed by atoms with van der Waals surface area (Å²) in [5, 5.41) is 3.74. The number of rotatable bonds is 7. The number of hydrogen-bond acceptors (Lipinski definition) is 4. The number of hydrogen-bond donors (Lipinski definition) is 1. The molecule has 0 radical (unpaired) electrons. The lowest BCUT2D eigenvalue weighted by Crippen LogP contribution is -2.37. The Kier molecular flexibility index (Phi) is 9.60. The van der Waals surface area contributed by atoms with Crippen molar-refractivity contribution in [2.45, 2.75) is 26.9 Å². The molecule has 1 aromatic carbocycles. The number of anilines is 1. The quantitative estimate of drug-likeness (QED) is 0.348. The smallest absolute Gasteiger partial charge is 0.246 e. The maximum absolute atomic E-state index is 12.5. The van der Waals surface area contributed by atoms with Gasteiger partial charge in [-0.15, -0.1) is 12.4 Å². The summed E-state index contributed by atoms with van der Waals surface area (Å²) in [6.07, 6.45) is 2.57. The molecule has 3 aromatic rings. The van der Waals surface area contributed by atoms with Crippen LogP contribution in [0.2, 0.25) is 10.0 Å². The standard InChI is InChI=1S/C21H21BrCl2N4O2S.ClH/c1-4-17(31)25-10-18(29)27(3)15-8-7-14(23)13(19(15)24)11-30-16-6-5-9-28-20(22)12(2)26-21(16)28;/h5-9H,4,10-11H2,1-3H3,(H,25,31);1H. The fraction of sp³-hybridized carbons (Fsp3) is 0.286. The number of imidazole rings is 1. The highest BCUT2D eigenvalue weighted by Crippen LogP contribution is 2.35. The van der Waals surface area contributed by atoms with Crippen molar-refractivity contribution in [2.75, 3.05) is 18.5 Å². The Labute approximate surface area is 216 Å². The van der Waals surface area contributed by atoms with E-state index in [2.05, 4.69) is 26.2 Å². The van der Waals surface area contributed by atoms with Crippen LogP contribution in [-0.2, 0) is 11.4 Å². The summed E-state index contributed by atoms with van der Waals surface area (Å²) in [6.45, 7) is 4.04. The van der Waals surface area contributed by atoms with Gasteiger partial charge in [0.25, 0.3) is 0 Å². The van der Waals surface area contributed by atoms with Crippen LogP contribution in [0.3, 0.4) is 0 Å². The Bertz CT molecular complexity index is 1160. The summed E-state index contributed by atoms with van der Waals surface area (Å²) in [6, 6.07) is 7.11. The van der Waals surface area contributed by atoms with Crippen LogP contribution in [0.25, 0.3) is 5.65 Å². The number of nitrogens with one attached hydrogen (secondary N) is 1. The molecule has 6 nitrogen and oxygen atoms in total. The molecule has 0 unspecified atom stereocenters. The number of ether oxygens (including phenoxy) is 1. The van der Waals surface area contributed by atoms with E-state index < -0.39 is 0 Å². The fourth-order valence-electron chi connectivity index (χ4n) is 2.92. The monoisotopic (exact) mass is 578 g/mol. The topological polar surface area (TPSA) is 58.9 Å². The zero-order valence-corrected chi connectivity index (χ0v) is 22.3. The van der Waals surface area contributed by atoms with E-state index in [1.807, 2.05) is 36.6 Å². The summed E-state index contributed by atoms with van der Waals surface area (Å²) in [4.78, 5) is 19.2. The molecular weight excluding hydrogens is 559 g/mol. The Balaban J connectivity index is 0.00000363. The summed E-state index contributed by atoms with van der Waals surface area (Å²) in [5.74, 6) is 0.421. The summed E-state index contributed by atoms with van der Waals surface area (Å²) < 4.78 is 8.77. The molecule has 1 amide bonds. The lowest BCUT2D eigenvalue weighted by atomic mass is 10.2. The van der Waals surface area contributed by atoms with Gasteiger partial charge in [0.15, 0.2) is 11.4 Å². The first kappa shape index (κ1) is 26.7. The van der Waals surface area contributed by atoms with E-state index in [0.717, 1.165) is 10.3 Å². The average Bonchev–Trinajstić information content (AvgIpc) is 3.05.